The molecule has 0 saturated heterocycles. The summed E-state index contributed by atoms with van der Waals surface area (Å²) in [5.41, 5.74) is 0.704. The molecule has 2 heteroatoms. The molecule has 0 rings (SSSR count). The van der Waals surface area contributed by atoms with Crippen molar-refractivity contribution in [3.05, 3.63) is 11.6 Å². The van der Waals surface area contributed by atoms with Crippen LogP contribution in [0, 0.1) is 11.8 Å². The normalized spacial score (nSPS) is 12.4. The van der Waals surface area contributed by atoms with E-state index in [9.17, 15) is 4.79 Å². The maximum absolute atomic E-state index is 11.3. The van der Waals surface area contributed by atoms with Gasteiger partial charge in [-0.15, -0.1) is 0 Å². The number of ether oxygens (including phenoxy) is 1. The topological polar surface area (TPSA) is 26.3 Å². The Bertz CT molecular complexity index is 190. The van der Waals surface area contributed by atoms with Crippen LogP contribution in [0.25, 0.3) is 0 Å². The fourth-order valence-electron chi connectivity index (χ4n) is 0.924. The van der Waals surface area contributed by atoms with Crippen LogP contribution in [0.1, 0.15) is 34.6 Å². The fraction of sp³-hybridized carbons (Fsp3) is 0.727. The number of esters is 1. The molecule has 0 spiro atoms. The average molecular weight is 184 g/mol. The Balaban J connectivity index is 3.97. The molecule has 0 aromatic carbocycles. The lowest BCUT2D eigenvalue weighted by atomic mass is 10.1. The number of rotatable bonds is 4. The monoisotopic (exact) mass is 184 g/mol. The number of allylic oxidation sites excluding steroid dienone is 1. The molecule has 0 aliphatic carbocycles. The zero-order chi connectivity index (χ0) is 10.4. The van der Waals surface area contributed by atoms with Gasteiger partial charge < -0.3 is 4.74 Å². The van der Waals surface area contributed by atoms with E-state index in [1.165, 1.54) is 0 Å². The van der Waals surface area contributed by atoms with Gasteiger partial charge in [0.15, 0.2) is 0 Å². The van der Waals surface area contributed by atoms with Gasteiger partial charge in [-0.05, 0) is 18.8 Å². The smallest absolute Gasteiger partial charge is 0.333 e. The van der Waals surface area contributed by atoms with E-state index in [4.69, 9.17) is 4.74 Å². The highest BCUT2D eigenvalue weighted by molar-refractivity contribution is 5.87. The van der Waals surface area contributed by atoms with Gasteiger partial charge in [0.1, 0.15) is 0 Å². The van der Waals surface area contributed by atoms with Crippen molar-refractivity contribution in [3.8, 4) is 0 Å². The van der Waals surface area contributed by atoms with Crippen LogP contribution in [0.5, 0.6) is 0 Å². The molecule has 13 heavy (non-hydrogen) atoms. The molecule has 76 valence electrons. The van der Waals surface area contributed by atoms with Crippen LogP contribution in [-0.2, 0) is 9.53 Å². The molecular weight excluding hydrogens is 164 g/mol. The van der Waals surface area contributed by atoms with Gasteiger partial charge in [0.25, 0.3) is 0 Å². The second-order valence-electron chi connectivity index (χ2n) is 4.09. The first-order valence-electron chi connectivity index (χ1n) is 4.79. The van der Waals surface area contributed by atoms with Crippen LogP contribution in [0.3, 0.4) is 0 Å². The van der Waals surface area contributed by atoms with Crippen molar-refractivity contribution in [2.24, 2.45) is 11.8 Å². The third-order valence-electron chi connectivity index (χ3n) is 1.45. The predicted octanol–water partition coefficient (Wildman–Crippen LogP) is 2.79. The zero-order valence-corrected chi connectivity index (χ0v) is 9.26. The van der Waals surface area contributed by atoms with Crippen LogP contribution in [0.4, 0.5) is 0 Å². The van der Waals surface area contributed by atoms with Crippen molar-refractivity contribution in [3.63, 3.8) is 0 Å². The van der Waals surface area contributed by atoms with E-state index >= 15 is 0 Å². The van der Waals surface area contributed by atoms with Crippen molar-refractivity contribution < 1.29 is 9.53 Å². The summed E-state index contributed by atoms with van der Waals surface area (Å²) in [6.45, 7) is 10.4. The summed E-state index contributed by atoms with van der Waals surface area (Å²) in [6.07, 6.45) is 1.92. The Morgan fingerprint density at radius 2 is 1.85 bits per heavy atom. The summed E-state index contributed by atoms with van der Waals surface area (Å²) < 4.78 is 5.06. The van der Waals surface area contributed by atoms with Crippen molar-refractivity contribution in [1.82, 2.24) is 0 Å². The highest BCUT2D eigenvalue weighted by Gasteiger charge is 2.06. The quantitative estimate of drug-likeness (QED) is 0.496. The molecule has 0 aromatic heterocycles. The molecule has 0 radical (unpaired) electrons. The number of hydrogen-bond donors (Lipinski definition) is 0. The Morgan fingerprint density at radius 1 is 1.31 bits per heavy atom. The molecule has 0 aliphatic rings. The molecule has 0 N–H and O–H groups in total. The van der Waals surface area contributed by atoms with Crippen molar-refractivity contribution in [2.75, 3.05) is 6.61 Å². The van der Waals surface area contributed by atoms with E-state index < -0.39 is 0 Å². The van der Waals surface area contributed by atoms with Gasteiger partial charge in [0, 0.05) is 5.57 Å². The minimum atomic E-state index is -0.192. The highest BCUT2D eigenvalue weighted by atomic mass is 16.5. The standard InChI is InChI=1S/C11H20O2/c1-8(2)6-10(5)11(12)13-7-9(3)4/h6,8-9H,7H2,1-5H3/b10-6+. The fourth-order valence-corrected chi connectivity index (χ4v) is 0.924. The van der Waals surface area contributed by atoms with Crippen LogP contribution >= 0.6 is 0 Å². The molecular formula is C11H20O2. The van der Waals surface area contributed by atoms with Gasteiger partial charge in [-0.2, -0.15) is 0 Å². The highest BCUT2D eigenvalue weighted by Crippen LogP contribution is 2.04. The minimum Gasteiger partial charge on any atom is -0.462 e. The maximum atomic E-state index is 11.3. The summed E-state index contributed by atoms with van der Waals surface area (Å²) >= 11 is 0. The van der Waals surface area contributed by atoms with Crippen molar-refractivity contribution >= 4 is 5.97 Å². The van der Waals surface area contributed by atoms with E-state index in [2.05, 4.69) is 0 Å². The molecule has 0 aromatic rings. The number of carbonyl (C=O) groups excluding carboxylic acids is 1. The third-order valence-corrected chi connectivity index (χ3v) is 1.45. The lowest BCUT2D eigenvalue weighted by Crippen LogP contribution is -2.11. The van der Waals surface area contributed by atoms with Gasteiger partial charge in [-0.3, -0.25) is 0 Å². The zero-order valence-electron chi connectivity index (χ0n) is 9.26. The van der Waals surface area contributed by atoms with Crippen LogP contribution < -0.4 is 0 Å². The first kappa shape index (κ1) is 12.2. The summed E-state index contributed by atoms with van der Waals surface area (Å²) in [5.74, 6) is 0.602. The van der Waals surface area contributed by atoms with Crippen LogP contribution in [0.2, 0.25) is 0 Å². The van der Waals surface area contributed by atoms with Gasteiger partial charge in [0.2, 0.25) is 0 Å². The third kappa shape index (κ3) is 6.38. The van der Waals surface area contributed by atoms with Crippen molar-refractivity contribution in [2.45, 2.75) is 34.6 Å². The van der Waals surface area contributed by atoms with Gasteiger partial charge in [-0.1, -0.05) is 33.8 Å². The Kier molecular flexibility index (Phi) is 5.44. The number of hydrogen-bond acceptors (Lipinski definition) is 2. The predicted molar refractivity (Wildman–Crippen MR) is 54.4 cm³/mol. The van der Waals surface area contributed by atoms with Crippen molar-refractivity contribution in [1.29, 1.82) is 0 Å². The Morgan fingerprint density at radius 3 is 2.23 bits per heavy atom. The molecule has 0 amide bonds. The first-order valence-corrected chi connectivity index (χ1v) is 4.79. The molecule has 0 unspecified atom stereocenters. The summed E-state index contributed by atoms with van der Waals surface area (Å²) in [6, 6.07) is 0. The SMILES string of the molecule is C/C(=C\C(C)C)C(=O)OCC(C)C. The molecule has 0 bridgehead atoms. The summed E-state index contributed by atoms with van der Waals surface area (Å²) in [5, 5.41) is 0. The van der Waals surface area contributed by atoms with Gasteiger partial charge >= 0.3 is 5.97 Å². The lowest BCUT2D eigenvalue weighted by molar-refractivity contribution is -0.140. The summed E-state index contributed by atoms with van der Waals surface area (Å²) in [4.78, 5) is 11.3. The molecule has 0 saturated carbocycles. The molecule has 0 atom stereocenters. The second kappa shape index (κ2) is 5.79. The second-order valence-corrected chi connectivity index (χ2v) is 4.09. The van der Waals surface area contributed by atoms with E-state index in [-0.39, 0.29) is 5.97 Å². The van der Waals surface area contributed by atoms with Crippen LogP contribution in [0.15, 0.2) is 11.6 Å². The molecule has 0 aliphatic heterocycles. The van der Waals surface area contributed by atoms with E-state index in [0.29, 0.717) is 24.0 Å². The van der Waals surface area contributed by atoms with E-state index in [1.54, 1.807) is 6.92 Å². The minimum absolute atomic E-state index is 0.192. The molecule has 2 nitrogen and oxygen atoms in total. The Labute approximate surface area is 81.0 Å². The Hall–Kier alpha value is -0.790. The molecule has 0 fully saturated rings. The van der Waals surface area contributed by atoms with Gasteiger partial charge in [0.05, 0.1) is 6.61 Å². The van der Waals surface area contributed by atoms with Gasteiger partial charge in [-0.25, -0.2) is 4.79 Å². The lowest BCUT2D eigenvalue weighted by Gasteiger charge is -2.07. The maximum Gasteiger partial charge on any atom is 0.333 e. The van der Waals surface area contributed by atoms with E-state index in [0.717, 1.165) is 0 Å². The summed E-state index contributed by atoms with van der Waals surface area (Å²) in [7, 11) is 0. The largest absolute Gasteiger partial charge is 0.462 e. The average Bonchev–Trinajstić information content (AvgIpc) is 1.98. The first-order chi connectivity index (χ1) is 5.93. The molecule has 0 heterocycles. The van der Waals surface area contributed by atoms with Crippen LogP contribution in [-0.4, -0.2) is 12.6 Å². The van der Waals surface area contributed by atoms with E-state index in [1.807, 2.05) is 33.8 Å². The number of carbonyl (C=O) groups is 1.